The predicted molar refractivity (Wildman–Crippen MR) is 75.3 cm³/mol. The molecular formula is C17H10O6. The van der Waals surface area contributed by atoms with E-state index in [1.54, 1.807) is 30.4 Å². The molecule has 1 aliphatic carbocycles. The van der Waals surface area contributed by atoms with Crippen molar-refractivity contribution in [1.82, 2.24) is 0 Å². The Kier molecular flexibility index (Phi) is 2.81. The lowest BCUT2D eigenvalue weighted by molar-refractivity contribution is -0.149. The average Bonchev–Trinajstić information content (AvgIpc) is 2.96. The number of hydrogen-bond acceptors (Lipinski definition) is 6. The van der Waals surface area contributed by atoms with Crippen LogP contribution in [0, 0.1) is 5.92 Å². The molecular weight excluding hydrogens is 300 g/mol. The van der Waals surface area contributed by atoms with Crippen molar-refractivity contribution < 1.29 is 28.7 Å². The number of carbonyl (C=O) groups is 4. The van der Waals surface area contributed by atoms with Crippen LogP contribution in [0.4, 0.5) is 0 Å². The Labute approximate surface area is 130 Å². The Morgan fingerprint density at radius 1 is 0.870 bits per heavy atom. The molecule has 6 heteroatoms. The highest BCUT2D eigenvalue weighted by Crippen LogP contribution is 2.32. The summed E-state index contributed by atoms with van der Waals surface area (Å²) in [4.78, 5) is 46.1. The Morgan fingerprint density at radius 2 is 1.57 bits per heavy atom. The molecule has 4 rings (SSSR count). The molecule has 0 N–H and O–H groups in total. The van der Waals surface area contributed by atoms with E-state index < -0.39 is 23.9 Å². The summed E-state index contributed by atoms with van der Waals surface area (Å²) in [6, 6.07) is 4.97. The summed E-state index contributed by atoms with van der Waals surface area (Å²) in [6.45, 7) is 0. The number of cyclic esters (lactones) is 4. The van der Waals surface area contributed by atoms with E-state index in [9.17, 15) is 19.2 Å². The van der Waals surface area contributed by atoms with Gasteiger partial charge in [-0.25, -0.2) is 19.2 Å². The van der Waals surface area contributed by atoms with Gasteiger partial charge in [-0.1, -0.05) is 18.2 Å². The van der Waals surface area contributed by atoms with E-state index >= 15 is 0 Å². The molecule has 0 saturated carbocycles. The van der Waals surface area contributed by atoms with Crippen LogP contribution >= 0.6 is 0 Å². The molecule has 23 heavy (non-hydrogen) atoms. The van der Waals surface area contributed by atoms with Gasteiger partial charge in [0.2, 0.25) is 0 Å². The fourth-order valence-electron chi connectivity index (χ4n) is 3.04. The van der Waals surface area contributed by atoms with E-state index in [0.29, 0.717) is 24.0 Å². The van der Waals surface area contributed by atoms with Crippen LogP contribution in [0.1, 0.15) is 32.7 Å². The molecule has 1 unspecified atom stereocenters. The number of fused-ring (bicyclic) bond motifs is 2. The zero-order valence-electron chi connectivity index (χ0n) is 11.8. The van der Waals surface area contributed by atoms with E-state index in [1.165, 1.54) is 0 Å². The predicted octanol–water partition coefficient (Wildman–Crippen LogP) is 1.50. The zero-order valence-corrected chi connectivity index (χ0v) is 11.8. The Hall–Kier alpha value is -3.02. The number of esters is 4. The van der Waals surface area contributed by atoms with Crippen LogP contribution < -0.4 is 0 Å². The third-order valence-corrected chi connectivity index (χ3v) is 4.15. The van der Waals surface area contributed by atoms with E-state index in [2.05, 4.69) is 9.47 Å². The number of rotatable bonds is 2. The standard InChI is InChI=1S/C17H10O6/c18-14-10-3-1-8(6-12(10)16(20)22-14)5-9-2-4-11-13(7-9)17(21)23-15(11)19/h1,3-4,6-7,9H,2,5H2. The molecule has 3 aliphatic rings. The third kappa shape index (κ3) is 2.11. The second-order valence-electron chi connectivity index (χ2n) is 5.63. The molecule has 1 atom stereocenters. The highest BCUT2D eigenvalue weighted by atomic mass is 16.6. The van der Waals surface area contributed by atoms with Gasteiger partial charge in [0.1, 0.15) is 0 Å². The van der Waals surface area contributed by atoms with Gasteiger partial charge in [-0.3, -0.25) is 0 Å². The number of carbonyl (C=O) groups excluding carboxylic acids is 4. The van der Waals surface area contributed by atoms with Crippen molar-refractivity contribution in [3.05, 3.63) is 58.2 Å². The first-order chi connectivity index (χ1) is 11.0. The second kappa shape index (κ2) is 4.74. The maximum absolute atomic E-state index is 11.6. The zero-order chi connectivity index (χ0) is 16.1. The normalized spacial score (nSPS) is 22.2. The lowest BCUT2D eigenvalue weighted by Crippen LogP contribution is -2.09. The quantitative estimate of drug-likeness (QED) is 0.607. The monoisotopic (exact) mass is 310 g/mol. The molecule has 0 spiro atoms. The van der Waals surface area contributed by atoms with Crippen LogP contribution in [0.15, 0.2) is 41.5 Å². The molecule has 1 aromatic rings. The van der Waals surface area contributed by atoms with Crippen molar-refractivity contribution in [2.45, 2.75) is 12.8 Å². The van der Waals surface area contributed by atoms with Gasteiger partial charge in [0.15, 0.2) is 0 Å². The molecule has 2 heterocycles. The summed E-state index contributed by atoms with van der Waals surface area (Å²) in [6.07, 6.45) is 4.61. The lowest BCUT2D eigenvalue weighted by Gasteiger charge is -2.15. The first-order valence-corrected chi connectivity index (χ1v) is 7.11. The minimum absolute atomic E-state index is 0.0124. The van der Waals surface area contributed by atoms with Crippen LogP contribution in [0.25, 0.3) is 0 Å². The Morgan fingerprint density at radius 3 is 2.39 bits per heavy atom. The summed E-state index contributed by atoms with van der Waals surface area (Å²) in [5.74, 6) is -2.47. The van der Waals surface area contributed by atoms with E-state index in [4.69, 9.17) is 0 Å². The first-order valence-electron chi connectivity index (χ1n) is 7.11. The minimum Gasteiger partial charge on any atom is -0.386 e. The molecule has 114 valence electrons. The van der Waals surface area contributed by atoms with Gasteiger partial charge in [-0.2, -0.15) is 0 Å². The van der Waals surface area contributed by atoms with E-state index in [-0.39, 0.29) is 17.0 Å². The molecule has 0 bridgehead atoms. The summed E-state index contributed by atoms with van der Waals surface area (Å²) in [5, 5.41) is 0. The van der Waals surface area contributed by atoms with Crippen LogP contribution in [0.5, 0.6) is 0 Å². The number of hydrogen-bond donors (Lipinski definition) is 0. The molecule has 0 amide bonds. The SMILES string of the molecule is O=C1OC(=O)C2=CC(Cc3ccc4c(c3)C(=O)OC4=O)CC=C12. The van der Waals surface area contributed by atoms with Gasteiger partial charge in [-0.05, 0) is 36.5 Å². The van der Waals surface area contributed by atoms with Crippen molar-refractivity contribution >= 4 is 23.9 Å². The van der Waals surface area contributed by atoms with Crippen LogP contribution in [-0.4, -0.2) is 23.9 Å². The van der Waals surface area contributed by atoms with Gasteiger partial charge in [0, 0.05) is 0 Å². The van der Waals surface area contributed by atoms with Crippen molar-refractivity contribution in [2.24, 2.45) is 5.92 Å². The summed E-state index contributed by atoms with van der Waals surface area (Å²) >= 11 is 0. The van der Waals surface area contributed by atoms with Crippen molar-refractivity contribution in [3.8, 4) is 0 Å². The summed E-state index contributed by atoms with van der Waals surface area (Å²) in [5.41, 5.74) is 2.03. The molecule has 1 saturated heterocycles. The molecule has 6 nitrogen and oxygen atoms in total. The Balaban J connectivity index is 1.59. The molecule has 0 aromatic heterocycles. The minimum atomic E-state index is -0.638. The number of allylic oxidation sites excluding steroid dienone is 2. The number of ether oxygens (including phenoxy) is 2. The number of benzene rings is 1. The molecule has 1 aromatic carbocycles. The van der Waals surface area contributed by atoms with Gasteiger partial charge in [0.05, 0.1) is 22.3 Å². The van der Waals surface area contributed by atoms with Crippen LogP contribution in [0.2, 0.25) is 0 Å². The smallest absolute Gasteiger partial charge is 0.346 e. The maximum atomic E-state index is 11.6. The lowest BCUT2D eigenvalue weighted by atomic mass is 9.87. The second-order valence-corrected chi connectivity index (χ2v) is 5.63. The van der Waals surface area contributed by atoms with Crippen molar-refractivity contribution in [3.63, 3.8) is 0 Å². The van der Waals surface area contributed by atoms with Gasteiger partial charge in [-0.15, -0.1) is 0 Å². The van der Waals surface area contributed by atoms with Crippen molar-refractivity contribution in [1.29, 1.82) is 0 Å². The molecule has 0 radical (unpaired) electrons. The van der Waals surface area contributed by atoms with E-state index in [1.807, 2.05) is 0 Å². The highest BCUT2D eigenvalue weighted by Gasteiger charge is 2.36. The summed E-state index contributed by atoms with van der Waals surface area (Å²) < 4.78 is 9.14. The fraction of sp³-hybridized carbons (Fsp3) is 0.176. The van der Waals surface area contributed by atoms with Crippen LogP contribution in [-0.2, 0) is 25.5 Å². The third-order valence-electron chi connectivity index (χ3n) is 4.15. The topological polar surface area (TPSA) is 86.7 Å². The highest BCUT2D eigenvalue weighted by molar-refractivity contribution is 6.18. The van der Waals surface area contributed by atoms with E-state index in [0.717, 1.165) is 5.56 Å². The van der Waals surface area contributed by atoms with Gasteiger partial charge < -0.3 is 9.47 Å². The van der Waals surface area contributed by atoms with Crippen molar-refractivity contribution in [2.75, 3.05) is 0 Å². The van der Waals surface area contributed by atoms with Gasteiger partial charge >= 0.3 is 23.9 Å². The fourth-order valence-corrected chi connectivity index (χ4v) is 3.04. The molecule has 1 fully saturated rings. The largest absolute Gasteiger partial charge is 0.386 e. The average molecular weight is 310 g/mol. The Bertz CT molecular complexity index is 858. The molecule has 2 aliphatic heterocycles. The first kappa shape index (κ1) is 13.6. The maximum Gasteiger partial charge on any atom is 0.346 e. The summed E-state index contributed by atoms with van der Waals surface area (Å²) in [7, 11) is 0. The van der Waals surface area contributed by atoms with Gasteiger partial charge in [0.25, 0.3) is 0 Å². The van der Waals surface area contributed by atoms with Crippen LogP contribution in [0.3, 0.4) is 0 Å².